The van der Waals surface area contributed by atoms with Gasteiger partial charge in [0.1, 0.15) is 5.69 Å². The second kappa shape index (κ2) is 10.7. The number of imidazole rings is 1. The lowest BCUT2D eigenvalue weighted by Crippen LogP contribution is -2.27. The van der Waals surface area contributed by atoms with Crippen LogP contribution in [0.5, 0.6) is 0 Å². The van der Waals surface area contributed by atoms with Crippen molar-refractivity contribution in [2.75, 3.05) is 0 Å². The highest BCUT2D eigenvalue weighted by atomic mass is 19.4. The first-order chi connectivity index (χ1) is 17.7. The third-order valence-electron chi connectivity index (χ3n) is 5.19. The van der Waals surface area contributed by atoms with E-state index < -0.39 is 12.1 Å². The van der Waals surface area contributed by atoms with Crippen molar-refractivity contribution in [1.29, 1.82) is 0 Å². The molecule has 2 aromatic carbocycles. The first-order valence-corrected chi connectivity index (χ1v) is 10.9. The van der Waals surface area contributed by atoms with E-state index in [0.29, 0.717) is 17.7 Å². The zero-order valence-electron chi connectivity index (χ0n) is 19.0. The number of benzene rings is 2. The Bertz CT molecular complexity index is 1520. The Kier molecular flexibility index (Phi) is 7.29. The van der Waals surface area contributed by atoms with E-state index >= 15 is 0 Å². The summed E-state index contributed by atoms with van der Waals surface area (Å²) in [5, 5.41) is 17.3. The largest absolute Gasteiger partial charge is 0.490 e. The van der Waals surface area contributed by atoms with Gasteiger partial charge in [-0.1, -0.05) is 42.3 Å². The number of fused-ring (bicyclic) bond motifs is 1. The van der Waals surface area contributed by atoms with Crippen molar-refractivity contribution in [3.8, 4) is 11.8 Å². The summed E-state index contributed by atoms with van der Waals surface area (Å²) in [4.78, 5) is 26.3. The number of aromatic nitrogens is 3. The van der Waals surface area contributed by atoms with Gasteiger partial charge in [-0.3, -0.25) is 4.79 Å². The fourth-order valence-electron chi connectivity index (χ4n) is 3.47. The van der Waals surface area contributed by atoms with Gasteiger partial charge in [-0.05, 0) is 41.8 Å². The number of hydrazone groups is 1. The molecule has 5 rings (SSSR count). The van der Waals surface area contributed by atoms with Crippen molar-refractivity contribution in [1.82, 2.24) is 19.6 Å². The lowest BCUT2D eigenvalue weighted by Gasteiger charge is -2.22. The van der Waals surface area contributed by atoms with Gasteiger partial charge >= 0.3 is 12.1 Å². The minimum atomic E-state index is -5.08. The van der Waals surface area contributed by atoms with Crippen LogP contribution in [0.25, 0.3) is 5.65 Å². The van der Waals surface area contributed by atoms with Gasteiger partial charge in [-0.25, -0.2) is 19.3 Å². The van der Waals surface area contributed by atoms with Gasteiger partial charge in [-0.15, -0.1) is 0 Å². The number of amides is 1. The predicted molar refractivity (Wildman–Crippen MR) is 128 cm³/mol. The van der Waals surface area contributed by atoms with E-state index in [2.05, 4.69) is 27.0 Å². The van der Waals surface area contributed by atoms with Crippen molar-refractivity contribution >= 4 is 23.7 Å². The standard InChI is InChI=1S/C24H17N5O.C2HF3O2/c30-24(29-22(13-15-27-29)19-7-2-1-3-8-19)20-9-4-6-18(16-20)11-12-21-17-25-23-10-5-14-26-28(21)23;3-2(4,5)1(6)7/h1-10,14-17,22H,13H2;(H,6,7). The van der Waals surface area contributed by atoms with E-state index in [1.54, 1.807) is 40.3 Å². The Morgan fingerprint density at radius 1 is 1.00 bits per heavy atom. The molecule has 11 heteroatoms. The maximum Gasteiger partial charge on any atom is 0.490 e. The number of rotatable bonds is 2. The van der Waals surface area contributed by atoms with E-state index in [-0.39, 0.29) is 11.9 Å². The van der Waals surface area contributed by atoms with E-state index in [4.69, 9.17) is 9.90 Å². The Labute approximate surface area is 208 Å². The topological polar surface area (TPSA) is 100 Å². The number of alkyl halides is 3. The van der Waals surface area contributed by atoms with Crippen LogP contribution in [-0.2, 0) is 4.79 Å². The monoisotopic (exact) mass is 505 g/mol. The third kappa shape index (κ3) is 5.99. The van der Waals surface area contributed by atoms with Gasteiger partial charge in [-0.2, -0.15) is 23.4 Å². The molecule has 3 heterocycles. The highest BCUT2D eigenvalue weighted by Gasteiger charge is 2.38. The fourth-order valence-corrected chi connectivity index (χ4v) is 3.47. The zero-order chi connectivity index (χ0) is 26.4. The van der Waals surface area contributed by atoms with E-state index in [1.165, 1.54) is 0 Å². The van der Waals surface area contributed by atoms with Gasteiger partial charge in [0.05, 0.1) is 12.2 Å². The van der Waals surface area contributed by atoms with E-state index in [1.807, 2.05) is 54.6 Å². The molecule has 0 aliphatic carbocycles. The SMILES string of the molecule is O=C(O)C(F)(F)F.O=C(c1cccc(C#Cc2cnc3cccnn23)c1)N1N=CCC1c1ccccc1. The number of halogens is 3. The smallest absolute Gasteiger partial charge is 0.475 e. The maximum absolute atomic E-state index is 13.1. The molecule has 2 aromatic heterocycles. The molecule has 1 N–H and O–H groups in total. The Morgan fingerprint density at radius 2 is 1.76 bits per heavy atom. The zero-order valence-corrected chi connectivity index (χ0v) is 19.0. The number of carbonyl (C=O) groups excluding carboxylic acids is 1. The first kappa shape index (κ1) is 25.1. The van der Waals surface area contributed by atoms with Crippen molar-refractivity contribution in [2.45, 2.75) is 18.6 Å². The minimum absolute atomic E-state index is 0.0855. The van der Waals surface area contributed by atoms with Gasteiger partial charge in [0.15, 0.2) is 5.65 Å². The number of carbonyl (C=O) groups is 2. The van der Waals surface area contributed by atoms with Crippen LogP contribution in [-0.4, -0.2) is 49.0 Å². The fraction of sp³-hybridized carbons (Fsp3) is 0.115. The summed E-state index contributed by atoms with van der Waals surface area (Å²) in [6.07, 6.45) is 0.792. The van der Waals surface area contributed by atoms with Crippen molar-refractivity contribution in [3.63, 3.8) is 0 Å². The van der Waals surface area contributed by atoms with Crippen molar-refractivity contribution in [2.24, 2.45) is 5.10 Å². The second-order valence-electron chi connectivity index (χ2n) is 7.68. The third-order valence-corrected chi connectivity index (χ3v) is 5.19. The summed E-state index contributed by atoms with van der Waals surface area (Å²) in [6.45, 7) is 0. The molecule has 0 saturated carbocycles. The molecule has 1 aliphatic rings. The molecule has 0 spiro atoms. The normalized spacial score (nSPS) is 14.5. The van der Waals surface area contributed by atoms with Crippen LogP contribution in [0.2, 0.25) is 0 Å². The number of hydrogen-bond donors (Lipinski definition) is 1. The predicted octanol–water partition coefficient (Wildman–Crippen LogP) is 4.34. The maximum atomic E-state index is 13.1. The molecule has 0 bridgehead atoms. The molecule has 37 heavy (non-hydrogen) atoms. The van der Waals surface area contributed by atoms with E-state index in [0.717, 1.165) is 16.8 Å². The summed E-state index contributed by atoms with van der Waals surface area (Å²) < 4.78 is 33.4. The van der Waals surface area contributed by atoms with Crippen molar-refractivity contribution < 1.29 is 27.9 Å². The molecule has 0 fully saturated rings. The molecule has 8 nitrogen and oxygen atoms in total. The summed E-state index contributed by atoms with van der Waals surface area (Å²) >= 11 is 0. The minimum Gasteiger partial charge on any atom is -0.475 e. The van der Waals surface area contributed by atoms with Crippen LogP contribution >= 0.6 is 0 Å². The van der Waals surface area contributed by atoms with Crippen LogP contribution in [0, 0.1) is 11.8 Å². The van der Waals surface area contributed by atoms with Gasteiger partial charge in [0.25, 0.3) is 5.91 Å². The first-order valence-electron chi connectivity index (χ1n) is 10.9. The summed E-state index contributed by atoms with van der Waals surface area (Å²) in [5.74, 6) is 3.30. The summed E-state index contributed by atoms with van der Waals surface area (Å²) in [7, 11) is 0. The molecule has 0 radical (unpaired) electrons. The van der Waals surface area contributed by atoms with E-state index in [9.17, 15) is 18.0 Å². The Hall–Kier alpha value is -4.98. The molecule has 186 valence electrons. The highest BCUT2D eigenvalue weighted by molar-refractivity contribution is 5.95. The van der Waals surface area contributed by atoms with Crippen molar-refractivity contribution in [3.05, 3.63) is 102 Å². The van der Waals surface area contributed by atoms with Gasteiger partial charge in [0, 0.05) is 30.0 Å². The Morgan fingerprint density at radius 3 is 2.49 bits per heavy atom. The number of carboxylic acids is 1. The summed E-state index contributed by atoms with van der Waals surface area (Å²) in [5.41, 5.74) is 3.80. The summed E-state index contributed by atoms with van der Waals surface area (Å²) in [6, 6.07) is 20.9. The number of aliphatic carboxylic acids is 1. The molecular weight excluding hydrogens is 487 g/mol. The lowest BCUT2D eigenvalue weighted by atomic mass is 10.0. The average Bonchev–Trinajstić information content (AvgIpc) is 3.55. The van der Waals surface area contributed by atoms with Crippen LogP contribution in [0.1, 0.15) is 39.6 Å². The highest BCUT2D eigenvalue weighted by Crippen LogP contribution is 2.29. The Balaban J connectivity index is 0.000000405. The van der Waals surface area contributed by atoms with Crippen LogP contribution < -0.4 is 0 Å². The van der Waals surface area contributed by atoms with Crippen LogP contribution in [0.15, 0.2) is 84.2 Å². The molecule has 4 aromatic rings. The molecule has 0 saturated heterocycles. The van der Waals surface area contributed by atoms with Crippen LogP contribution in [0.3, 0.4) is 0 Å². The average molecular weight is 505 g/mol. The second-order valence-corrected chi connectivity index (χ2v) is 7.68. The molecule has 1 amide bonds. The molecule has 1 aliphatic heterocycles. The van der Waals surface area contributed by atoms with Gasteiger partial charge < -0.3 is 5.11 Å². The van der Waals surface area contributed by atoms with Gasteiger partial charge in [0.2, 0.25) is 0 Å². The molecule has 1 unspecified atom stereocenters. The molecule has 1 atom stereocenters. The quantitative estimate of drug-likeness (QED) is 0.409. The molecular formula is C26H18F3N5O3. The number of nitrogens with zero attached hydrogens (tertiary/aromatic N) is 5. The lowest BCUT2D eigenvalue weighted by molar-refractivity contribution is -0.192. The number of hydrogen-bond acceptors (Lipinski definition) is 5. The van der Waals surface area contributed by atoms with Crippen LogP contribution in [0.4, 0.5) is 13.2 Å². The number of carboxylic acid groups (broad SMARTS) is 1.